The van der Waals surface area contributed by atoms with Crippen molar-refractivity contribution in [2.45, 2.75) is 10.5 Å². The summed E-state index contributed by atoms with van der Waals surface area (Å²) in [5.41, 5.74) is 5.42. The highest BCUT2D eigenvalue weighted by molar-refractivity contribution is 7.99. The second kappa shape index (κ2) is 5.56. The van der Waals surface area contributed by atoms with Gasteiger partial charge in [-0.1, -0.05) is 42.1 Å². The van der Waals surface area contributed by atoms with Crippen LogP contribution in [0.5, 0.6) is 5.75 Å². The van der Waals surface area contributed by atoms with Gasteiger partial charge in [0, 0.05) is 5.39 Å². The number of hydrogen-bond donors (Lipinski definition) is 1. The largest absolute Gasteiger partial charge is 0.497 e. The van der Waals surface area contributed by atoms with E-state index in [1.54, 1.807) is 18.9 Å². The molecule has 0 bridgehead atoms. The lowest BCUT2D eigenvalue weighted by Crippen LogP contribution is -2.13. The van der Waals surface area contributed by atoms with E-state index < -0.39 is 0 Å². The summed E-state index contributed by atoms with van der Waals surface area (Å²) in [6.45, 7) is 0. The third-order valence-corrected chi connectivity index (χ3v) is 5.26. The molecule has 1 N–H and O–H groups in total. The second-order valence-electron chi connectivity index (χ2n) is 5.69. The number of hydrogen-bond acceptors (Lipinski definition) is 6. The zero-order valence-corrected chi connectivity index (χ0v) is 14.2. The molecule has 2 aromatic carbocycles. The van der Waals surface area contributed by atoms with Gasteiger partial charge in [-0.05, 0) is 29.8 Å². The predicted octanol–water partition coefficient (Wildman–Crippen LogP) is 4.05. The van der Waals surface area contributed by atoms with Crippen molar-refractivity contribution in [2.75, 3.05) is 12.5 Å². The number of thioether (sulfide) groups is 1. The molecule has 0 amide bonds. The van der Waals surface area contributed by atoms with E-state index in [1.807, 2.05) is 59.3 Å². The van der Waals surface area contributed by atoms with E-state index in [0.29, 0.717) is 11.6 Å². The van der Waals surface area contributed by atoms with Crippen molar-refractivity contribution in [3.8, 4) is 17.3 Å². The van der Waals surface area contributed by atoms with Gasteiger partial charge in [0.15, 0.2) is 5.76 Å². The van der Waals surface area contributed by atoms with Crippen molar-refractivity contribution in [2.24, 2.45) is 0 Å². The molecule has 3 heterocycles. The molecule has 0 unspecified atom stereocenters. The second-order valence-corrected chi connectivity index (χ2v) is 6.76. The molecule has 0 fully saturated rings. The highest BCUT2D eigenvalue weighted by atomic mass is 32.2. The summed E-state index contributed by atoms with van der Waals surface area (Å²) in [6.07, 6.45) is 0. The molecule has 124 valence electrons. The fourth-order valence-electron chi connectivity index (χ4n) is 2.88. The number of benzene rings is 2. The molecule has 2 aromatic heterocycles. The molecule has 5 rings (SSSR count). The van der Waals surface area contributed by atoms with Crippen LogP contribution >= 0.6 is 11.8 Å². The first kappa shape index (κ1) is 14.4. The number of nitrogens with one attached hydrogen (secondary N) is 1. The Morgan fingerprint density at radius 1 is 1.12 bits per heavy atom. The van der Waals surface area contributed by atoms with E-state index in [4.69, 9.17) is 9.15 Å². The summed E-state index contributed by atoms with van der Waals surface area (Å²) >= 11 is 1.62. The topological polar surface area (TPSA) is 65.1 Å². The van der Waals surface area contributed by atoms with Gasteiger partial charge in [-0.2, -0.15) is 0 Å². The number of fused-ring (bicyclic) bond motifs is 2. The molecule has 7 heteroatoms. The summed E-state index contributed by atoms with van der Waals surface area (Å²) in [5.74, 6) is 2.22. The van der Waals surface area contributed by atoms with Crippen LogP contribution in [0.25, 0.3) is 22.6 Å². The van der Waals surface area contributed by atoms with Crippen LogP contribution in [0.1, 0.15) is 10.9 Å². The van der Waals surface area contributed by atoms with E-state index in [-0.39, 0.29) is 5.37 Å². The molecule has 1 aliphatic rings. The van der Waals surface area contributed by atoms with E-state index in [9.17, 15) is 0 Å². The zero-order valence-electron chi connectivity index (χ0n) is 13.3. The van der Waals surface area contributed by atoms with Gasteiger partial charge in [0.25, 0.3) is 0 Å². The van der Waals surface area contributed by atoms with Crippen molar-refractivity contribution < 1.29 is 9.15 Å². The van der Waals surface area contributed by atoms with E-state index in [2.05, 4.69) is 15.6 Å². The first-order valence-corrected chi connectivity index (χ1v) is 8.71. The van der Waals surface area contributed by atoms with Crippen LogP contribution in [0, 0.1) is 0 Å². The van der Waals surface area contributed by atoms with Crippen molar-refractivity contribution >= 4 is 22.7 Å². The lowest BCUT2D eigenvalue weighted by Gasteiger charge is -2.12. The molecule has 0 aliphatic carbocycles. The highest BCUT2D eigenvalue weighted by Gasteiger charge is 2.29. The Bertz CT molecular complexity index is 1020. The molecule has 0 spiro atoms. The number of furan rings is 1. The molecule has 6 nitrogen and oxygen atoms in total. The van der Waals surface area contributed by atoms with Crippen LogP contribution in [-0.4, -0.2) is 22.0 Å². The molecule has 1 atom stereocenters. The summed E-state index contributed by atoms with van der Waals surface area (Å²) in [4.78, 5) is 0. The molecule has 1 aliphatic heterocycles. The standard InChI is InChI=1S/C18H14N4O2S/c1-23-13-8-6-11(7-9-13)17-21-22-16(19-20-18(22)25-17)15-10-12-4-2-3-5-14(12)24-15/h2-10,17,21H,1H3/t17-/m0/s1. The monoisotopic (exact) mass is 350 g/mol. The Hall–Kier alpha value is -2.93. The number of para-hydroxylation sites is 1. The van der Waals surface area contributed by atoms with E-state index >= 15 is 0 Å². The number of rotatable bonds is 3. The third-order valence-electron chi connectivity index (χ3n) is 4.17. The SMILES string of the molecule is COc1ccc([C@H]2Nn3c(nnc3-c3cc4ccccc4o3)S2)cc1. The minimum absolute atomic E-state index is 0.0690. The molecule has 0 radical (unpaired) electrons. The molecule has 25 heavy (non-hydrogen) atoms. The third kappa shape index (κ3) is 2.35. The van der Waals surface area contributed by atoms with Crippen molar-refractivity contribution in [3.05, 3.63) is 60.2 Å². The van der Waals surface area contributed by atoms with Gasteiger partial charge in [0.2, 0.25) is 11.0 Å². The Labute approximate surface area is 147 Å². The zero-order chi connectivity index (χ0) is 16.8. The number of ether oxygens (including phenoxy) is 1. The number of methoxy groups -OCH3 is 1. The van der Waals surface area contributed by atoms with Gasteiger partial charge in [0.1, 0.15) is 16.7 Å². The molecular formula is C18H14N4O2S. The van der Waals surface area contributed by atoms with E-state index in [1.165, 1.54) is 0 Å². The highest BCUT2D eigenvalue weighted by Crippen LogP contribution is 2.41. The minimum atomic E-state index is 0.0690. The van der Waals surface area contributed by atoms with Crippen LogP contribution < -0.4 is 10.2 Å². The van der Waals surface area contributed by atoms with Crippen LogP contribution in [0.4, 0.5) is 0 Å². The Morgan fingerprint density at radius 2 is 1.96 bits per heavy atom. The molecular weight excluding hydrogens is 336 g/mol. The average Bonchev–Trinajstić information content (AvgIpc) is 3.34. The Morgan fingerprint density at radius 3 is 2.76 bits per heavy atom. The van der Waals surface area contributed by atoms with Gasteiger partial charge in [-0.3, -0.25) is 0 Å². The summed E-state index contributed by atoms with van der Waals surface area (Å²) in [7, 11) is 1.67. The maximum absolute atomic E-state index is 5.92. The maximum Gasteiger partial charge on any atom is 0.219 e. The predicted molar refractivity (Wildman–Crippen MR) is 96.2 cm³/mol. The lowest BCUT2D eigenvalue weighted by molar-refractivity contribution is 0.414. The fourth-order valence-corrected chi connectivity index (χ4v) is 3.88. The molecule has 0 saturated carbocycles. The average molecular weight is 350 g/mol. The van der Waals surface area contributed by atoms with Crippen molar-refractivity contribution in [1.82, 2.24) is 14.9 Å². The number of nitrogens with zero attached hydrogens (tertiary/aromatic N) is 3. The molecule has 4 aromatic rings. The Kier molecular flexibility index (Phi) is 3.21. The van der Waals surface area contributed by atoms with Crippen LogP contribution in [0.15, 0.2) is 64.2 Å². The van der Waals surface area contributed by atoms with Crippen molar-refractivity contribution in [1.29, 1.82) is 0 Å². The first-order chi connectivity index (χ1) is 12.3. The quantitative estimate of drug-likeness (QED) is 0.601. The fraction of sp³-hybridized carbons (Fsp3) is 0.111. The smallest absolute Gasteiger partial charge is 0.219 e. The summed E-state index contributed by atoms with van der Waals surface area (Å²) < 4.78 is 13.0. The van der Waals surface area contributed by atoms with Crippen LogP contribution in [0.3, 0.4) is 0 Å². The van der Waals surface area contributed by atoms with Crippen LogP contribution in [-0.2, 0) is 0 Å². The van der Waals surface area contributed by atoms with Crippen LogP contribution in [0.2, 0.25) is 0 Å². The van der Waals surface area contributed by atoms with Gasteiger partial charge in [-0.15, -0.1) is 10.2 Å². The maximum atomic E-state index is 5.92. The Balaban J connectivity index is 1.47. The van der Waals surface area contributed by atoms with Gasteiger partial charge in [-0.25, -0.2) is 4.68 Å². The first-order valence-electron chi connectivity index (χ1n) is 7.83. The minimum Gasteiger partial charge on any atom is -0.497 e. The van der Waals surface area contributed by atoms with Gasteiger partial charge in [0.05, 0.1) is 7.11 Å². The van der Waals surface area contributed by atoms with E-state index in [0.717, 1.165) is 27.4 Å². The normalized spacial score (nSPS) is 16.0. The summed E-state index contributed by atoms with van der Waals surface area (Å²) in [5, 5.41) is 10.5. The lowest BCUT2D eigenvalue weighted by atomic mass is 10.2. The van der Waals surface area contributed by atoms with Gasteiger partial charge < -0.3 is 14.6 Å². The number of aromatic nitrogens is 3. The molecule has 0 saturated heterocycles. The summed E-state index contributed by atoms with van der Waals surface area (Å²) in [6, 6.07) is 17.9. The van der Waals surface area contributed by atoms with Crippen molar-refractivity contribution in [3.63, 3.8) is 0 Å². The van der Waals surface area contributed by atoms with Gasteiger partial charge >= 0.3 is 0 Å².